The Morgan fingerprint density at radius 2 is 1.33 bits per heavy atom. The SMILES string of the molecule is C=C/C=C(\C=C)SC.C=CC.CC.CC. The van der Waals surface area contributed by atoms with Gasteiger partial charge in [-0.2, -0.15) is 0 Å². The minimum Gasteiger partial charge on any atom is -0.130 e. The second-order valence-electron chi connectivity index (χ2n) is 1.62. The summed E-state index contributed by atoms with van der Waals surface area (Å²) in [5.74, 6) is 0. The van der Waals surface area contributed by atoms with Gasteiger partial charge in [-0.25, -0.2) is 0 Å². The van der Waals surface area contributed by atoms with E-state index in [9.17, 15) is 0 Å². The summed E-state index contributed by atoms with van der Waals surface area (Å²) in [7, 11) is 0. The second-order valence-corrected chi connectivity index (χ2v) is 2.50. The topological polar surface area (TPSA) is 0 Å². The Morgan fingerprint density at radius 3 is 1.40 bits per heavy atom. The highest BCUT2D eigenvalue weighted by Crippen LogP contribution is 2.10. The van der Waals surface area contributed by atoms with Crippen LogP contribution in [-0.4, -0.2) is 6.26 Å². The smallest absolute Gasteiger partial charge is 0.00630 e. The third-order valence-corrected chi connectivity index (χ3v) is 1.49. The molecule has 0 saturated heterocycles. The maximum Gasteiger partial charge on any atom is 0.00630 e. The first-order valence-electron chi connectivity index (χ1n) is 5.33. The fraction of sp³-hybridized carbons (Fsp3) is 0.429. The number of hydrogen-bond acceptors (Lipinski definition) is 1. The largest absolute Gasteiger partial charge is 0.130 e. The van der Waals surface area contributed by atoms with Crippen molar-refractivity contribution in [1.82, 2.24) is 0 Å². The van der Waals surface area contributed by atoms with Gasteiger partial charge in [-0.3, -0.25) is 0 Å². The molecule has 15 heavy (non-hydrogen) atoms. The van der Waals surface area contributed by atoms with Crippen LogP contribution in [-0.2, 0) is 0 Å². The van der Waals surface area contributed by atoms with Crippen LogP contribution in [0.25, 0.3) is 0 Å². The van der Waals surface area contributed by atoms with Crippen LogP contribution in [0.5, 0.6) is 0 Å². The van der Waals surface area contributed by atoms with Crippen molar-refractivity contribution in [2.45, 2.75) is 34.6 Å². The van der Waals surface area contributed by atoms with Gasteiger partial charge in [0, 0.05) is 4.91 Å². The van der Waals surface area contributed by atoms with Crippen LogP contribution < -0.4 is 0 Å². The fourth-order valence-electron chi connectivity index (χ4n) is 0.336. The molecule has 0 spiro atoms. The van der Waals surface area contributed by atoms with Crippen molar-refractivity contribution in [2.75, 3.05) is 6.26 Å². The summed E-state index contributed by atoms with van der Waals surface area (Å²) in [5, 5.41) is 0. The molecule has 0 atom stereocenters. The van der Waals surface area contributed by atoms with Crippen LogP contribution in [0.4, 0.5) is 0 Å². The number of hydrogen-bond donors (Lipinski definition) is 0. The van der Waals surface area contributed by atoms with Gasteiger partial charge in [0.1, 0.15) is 0 Å². The van der Waals surface area contributed by atoms with Gasteiger partial charge in [-0.1, -0.05) is 59.1 Å². The van der Waals surface area contributed by atoms with Gasteiger partial charge in [0.15, 0.2) is 0 Å². The monoisotopic (exact) mass is 228 g/mol. The minimum atomic E-state index is 1.15. The van der Waals surface area contributed by atoms with E-state index in [1.807, 2.05) is 53.0 Å². The summed E-state index contributed by atoms with van der Waals surface area (Å²) >= 11 is 1.67. The highest BCUT2D eigenvalue weighted by atomic mass is 32.2. The third-order valence-electron chi connectivity index (χ3n) is 0.719. The van der Waals surface area contributed by atoms with E-state index in [1.165, 1.54) is 0 Å². The van der Waals surface area contributed by atoms with E-state index in [1.54, 1.807) is 23.9 Å². The Morgan fingerprint density at radius 1 is 1.00 bits per heavy atom. The van der Waals surface area contributed by atoms with E-state index in [2.05, 4.69) is 19.7 Å². The van der Waals surface area contributed by atoms with Crippen LogP contribution in [0.2, 0.25) is 0 Å². The summed E-state index contributed by atoms with van der Waals surface area (Å²) in [4.78, 5) is 1.15. The molecule has 0 aliphatic rings. The Balaban J connectivity index is -0.0000000726. The average Bonchev–Trinajstić information content (AvgIpc) is 2.32. The molecule has 0 nitrogen and oxygen atoms in total. The van der Waals surface area contributed by atoms with Crippen molar-refractivity contribution in [3.63, 3.8) is 0 Å². The predicted molar refractivity (Wildman–Crippen MR) is 80.6 cm³/mol. The summed E-state index contributed by atoms with van der Waals surface area (Å²) < 4.78 is 0. The highest BCUT2D eigenvalue weighted by Gasteiger charge is 1.79. The zero-order valence-corrected chi connectivity index (χ0v) is 12.2. The fourth-order valence-corrected chi connectivity index (χ4v) is 0.735. The first-order valence-corrected chi connectivity index (χ1v) is 6.55. The lowest BCUT2D eigenvalue weighted by atomic mass is 10.5. The van der Waals surface area contributed by atoms with Crippen molar-refractivity contribution in [2.24, 2.45) is 0 Å². The first kappa shape index (κ1) is 23.8. The molecular weight excluding hydrogens is 200 g/mol. The molecule has 0 amide bonds. The lowest BCUT2D eigenvalue weighted by Gasteiger charge is -1.88. The zero-order valence-electron chi connectivity index (χ0n) is 11.3. The van der Waals surface area contributed by atoms with Gasteiger partial charge in [0.2, 0.25) is 0 Å². The van der Waals surface area contributed by atoms with Gasteiger partial charge in [0.25, 0.3) is 0 Å². The predicted octanol–water partition coefficient (Wildman–Crippen LogP) is 5.85. The van der Waals surface area contributed by atoms with E-state index in [-0.39, 0.29) is 0 Å². The summed E-state index contributed by atoms with van der Waals surface area (Å²) in [6.07, 6.45) is 9.26. The molecular formula is C14H28S. The molecule has 0 aliphatic heterocycles. The van der Waals surface area contributed by atoms with Crippen molar-refractivity contribution in [3.8, 4) is 0 Å². The molecule has 90 valence electrons. The molecule has 0 radical (unpaired) electrons. The maximum atomic E-state index is 3.61. The van der Waals surface area contributed by atoms with Crippen molar-refractivity contribution in [3.05, 3.63) is 48.9 Å². The van der Waals surface area contributed by atoms with E-state index in [0.717, 1.165) is 4.91 Å². The Hall–Kier alpha value is -0.690. The lowest BCUT2D eigenvalue weighted by Crippen LogP contribution is -1.61. The van der Waals surface area contributed by atoms with Crippen molar-refractivity contribution >= 4 is 11.8 Å². The summed E-state index contributed by atoms with van der Waals surface area (Å²) in [6, 6.07) is 0. The molecule has 0 aliphatic carbocycles. The van der Waals surface area contributed by atoms with Crippen LogP contribution in [0.3, 0.4) is 0 Å². The molecule has 0 aromatic carbocycles. The lowest BCUT2D eigenvalue weighted by molar-refractivity contribution is 1.50. The number of rotatable bonds is 3. The van der Waals surface area contributed by atoms with E-state index < -0.39 is 0 Å². The number of thioether (sulfide) groups is 1. The Kier molecular flexibility index (Phi) is 60.0. The van der Waals surface area contributed by atoms with Crippen LogP contribution in [0.15, 0.2) is 48.9 Å². The van der Waals surface area contributed by atoms with Crippen molar-refractivity contribution < 1.29 is 0 Å². The van der Waals surface area contributed by atoms with E-state index >= 15 is 0 Å². The maximum absolute atomic E-state index is 3.61. The first-order chi connectivity index (χ1) is 7.26. The standard InChI is InChI=1S/C7H10S.C3H6.2C2H6/c1-4-6-7(5-2)8-3;1-3-2;2*1-2/h4-6H,1-2H2,3H3;3H,1H2,2H3;2*1-2H3/b7-6+;;;. The molecule has 0 N–H and O–H groups in total. The van der Waals surface area contributed by atoms with Crippen LogP contribution >= 0.6 is 11.8 Å². The number of allylic oxidation sites excluding steroid dienone is 4. The van der Waals surface area contributed by atoms with E-state index in [4.69, 9.17) is 0 Å². The highest BCUT2D eigenvalue weighted by molar-refractivity contribution is 8.02. The normalized spacial score (nSPS) is 7.47. The zero-order chi connectivity index (χ0) is 13.1. The molecule has 0 fully saturated rings. The molecule has 0 aromatic rings. The molecule has 1 heteroatoms. The van der Waals surface area contributed by atoms with Gasteiger partial charge >= 0.3 is 0 Å². The van der Waals surface area contributed by atoms with E-state index in [0.29, 0.717) is 0 Å². The molecule has 0 rings (SSSR count). The van der Waals surface area contributed by atoms with Gasteiger partial charge < -0.3 is 0 Å². The van der Waals surface area contributed by atoms with Gasteiger partial charge in [-0.05, 0) is 19.3 Å². The second kappa shape index (κ2) is 37.7. The quantitative estimate of drug-likeness (QED) is 0.431. The summed E-state index contributed by atoms with van der Waals surface area (Å²) in [6.45, 7) is 20.4. The van der Waals surface area contributed by atoms with Crippen LogP contribution in [0.1, 0.15) is 34.6 Å². The minimum absolute atomic E-state index is 1.15. The third kappa shape index (κ3) is 42.8. The molecule has 0 unspecified atom stereocenters. The average molecular weight is 228 g/mol. The Labute approximate surface area is 102 Å². The summed E-state index contributed by atoms with van der Waals surface area (Å²) in [5.41, 5.74) is 0. The van der Waals surface area contributed by atoms with Gasteiger partial charge in [0.05, 0.1) is 0 Å². The molecule has 0 aromatic heterocycles. The molecule has 0 bridgehead atoms. The van der Waals surface area contributed by atoms with Crippen LogP contribution in [0, 0.1) is 0 Å². The van der Waals surface area contributed by atoms with Crippen molar-refractivity contribution in [1.29, 1.82) is 0 Å². The molecule has 0 saturated carbocycles. The van der Waals surface area contributed by atoms with Gasteiger partial charge in [-0.15, -0.1) is 18.3 Å². The Bertz CT molecular complexity index is 143. The molecule has 0 heterocycles.